The second-order valence-corrected chi connectivity index (χ2v) is 16.6. The van der Waals surface area contributed by atoms with E-state index in [0.29, 0.717) is 49.8 Å². The van der Waals surface area contributed by atoms with Gasteiger partial charge in [0, 0.05) is 44.8 Å². The number of piperazine rings is 1. The number of phenols is 1. The zero-order valence-electron chi connectivity index (χ0n) is 29.6. The van der Waals surface area contributed by atoms with Crippen molar-refractivity contribution in [1.82, 2.24) is 30.2 Å². The Morgan fingerprint density at radius 2 is 1.78 bits per heavy atom. The number of amides is 2. The topological polar surface area (TPSA) is 209 Å². The molecule has 1 aliphatic heterocycles. The predicted octanol–water partition coefficient (Wildman–Crippen LogP) is 2.14. The number of aromatic nitrogens is 2. The van der Waals surface area contributed by atoms with Gasteiger partial charge in [0.1, 0.15) is 23.0 Å². The van der Waals surface area contributed by atoms with Gasteiger partial charge in [0.15, 0.2) is 0 Å². The number of ether oxygens (including phenoxy) is 1. The fraction of sp³-hybridized carbons (Fsp3) is 0.657. The molecular formula is C35H55N7O7S. The van der Waals surface area contributed by atoms with Gasteiger partial charge in [-0.25, -0.2) is 18.2 Å². The number of nitrogens with zero attached hydrogens (tertiary/aromatic N) is 2. The van der Waals surface area contributed by atoms with E-state index in [1.807, 2.05) is 0 Å². The molecule has 2 aromatic rings. The smallest absolute Gasteiger partial charge is 0.342 e. The molecule has 15 heteroatoms. The van der Waals surface area contributed by atoms with E-state index in [0.717, 1.165) is 19.3 Å². The first-order chi connectivity index (χ1) is 23.7. The highest BCUT2D eigenvalue weighted by Crippen LogP contribution is 2.28. The Kier molecular flexibility index (Phi) is 14.2. The van der Waals surface area contributed by atoms with Gasteiger partial charge >= 0.3 is 5.97 Å². The second-order valence-electron chi connectivity index (χ2n) is 14.5. The van der Waals surface area contributed by atoms with Crippen LogP contribution in [0.3, 0.4) is 0 Å². The van der Waals surface area contributed by atoms with Crippen LogP contribution >= 0.6 is 0 Å². The third kappa shape index (κ3) is 12.4. The van der Waals surface area contributed by atoms with Gasteiger partial charge in [-0.1, -0.05) is 38.2 Å². The van der Waals surface area contributed by atoms with E-state index in [1.54, 1.807) is 33.0 Å². The fourth-order valence-electron chi connectivity index (χ4n) is 6.50. The van der Waals surface area contributed by atoms with Crippen LogP contribution in [0.5, 0.6) is 5.75 Å². The summed E-state index contributed by atoms with van der Waals surface area (Å²) in [6.07, 6.45) is 10.9. The molecule has 2 unspecified atom stereocenters. The summed E-state index contributed by atoms with van der Waals surface area (Å²) in [5, 5.41) is 19.5. The van der Waals surface area contributed by atoms with Crippen LogP contribution < -0.4 is 21.7 Å². The molecule has 4 rings (SSSR count). The maximum Gasteiger partial charge on any atom is 0.342 e. The van der Waals surface area contributed by atoms with Crippen LogP contribution in [-0.4, -0.2) is 101 Å². The fourth-order valence-corrected chi connectivity index (χ4v) is 8.08. The first-order valence-corrected chi connectivity index (χ1v) is 19.4. The highest BCUT2D eigenvalue weighted by Gasteiger charge is 2.30. The lowest BCUT2D eigenvalue weighted by Crippen LogP contribution is -2.55. The molecule has 3 atom stereocenters. The number of imidazole rings is 1. The molecule has 2 aliphatic rings. The van der Waals surface area contributed by atoms with Crippen LogP contribution in [0.25, 0.3) is 0 Å². The summed E-state index contributed by atoms with van der Waals surface area (Å²) < 4.78 is 33.2. The van der Waals surface area contributed by atoms with Gasteiger partial charge in [0.25, 0.3) is 0 Å². The Labute approximate surface area is 295 Å². The molecule has 0 radical (unpaired) electrons. The summed E-state index contributed by atoms with van der Waals surface area (Å²) in [5.74, 6) is -1.53. The number of hydrogen-bond acceptors (Lipinski definition) is 10. The van der Waals surface area contributed by atoms with Gasteiger partial charge in [-0.05, 0) is 70.1 Å². The Hall–Kier alpha value is -3.53. The normalized spacial score (nSPS) is 18.2. The average Bonchev–Trinajstić information content (AvgIpc) is 3.59. The molecular weight excluding hydrogens is 662 g/mol. The van der Waals surface area contributed by atoms with E-state index >= 15 is 0 Å². The quantitative estimate of drug-likeness (QED) is 0.139. The first-order valence-electron chi connectivity index (χ1n) is 17.8. The second kappa shape index (κ2) is 18.1. The number of nitrogens with two attached hydrogens (primary N) is 1. The molecule has 2 fully saturated rings. The van der Waals surface area contributed by atoms with Crippen LogP contribution in [-0.2, 0) is 37.2 Å². The minimum atomic E-state index is -3.50. The number of esters is 1. The van der Waals surface area contributed by atoms with E-state index in [9.17, 15) is 27.9 Å². The van der Waals surface area contributed by atoms with E-state index in [-0.39, 0.29) is 36.3 Å². The van der Waals surface area contributed by atoms with Gasteiger partial charge in [-0.15, -0.1) is 0 Å². The number of carbonyl (C=O) groups is 3. The number of aromatic hydroxyl groups is 1. The number of sulfonamides is 1. The number of rotatable bonds is 16. The number of hydrogen-bond donors (Lipinski definition) is 6. The molecule has 2 heterocycles. The van der Waals surface area contributed by atoms with Crippen LogP contribution in [0.2, 0.25) is 0 Å². The zero-order valence-corrected chi connectivity index (χ0v) is 30.4. The lowest BCUT2D eigenvalue weighted by Gasteiger charge is -2.29. The lowest BCUT2D eigenvalue weighted by atomic mass is 9.85. The molecule has 0 bridgehead atoms. The monoisotopic (exact) mass is 717 g/mol. The van der Waals surface area contributed by atoms with Crippen molar-refractivity contribution in [1.29, 1.82) is 0 Å². The van der Waals surface area contributed by atoms with Crippen LogP contribution in [0.1, 0.15) is 93.8 Å². The minimum absolute atomic E-state index is 0.00351. The molecule has 1 saturated heterocycles. The molecule has 1 saturated carbocycles. The molecule has 2 amide bonds. The number of nitrogens with one attached hydrogen (secondary N) is 4. The van der Waals surface area contributed by atoms with Crippen molar-refractivity contribution in [3.63, 3.8) is 0 Å². The summed E-state index contributed by atoms with van der Waals surface area (Å²) in [6.45, 7) is 7.24. The van der Waals surface area contributed by atoms with Crippen molar-refractivity contribution in [2.75, 3.05) is 31.9 Å². The molecule has 50 heavy (non-hydrogen) atoms. The summed E-state index contributed by atoms with van der Waals surface area (Å²) >= 11 is 0. The number of benzene rings is 1. The van der Waals surface area contributed by atoms with E-state index in [2.05, 4.69) is 25.9 Å². The van der Waals surface area contributed by atoms with E-state index in [1.165, 1.54) is 42.0 Å². The third-order valence-corrected chi connectivity index (χ3v) is 11.2. The molecule has 7 N–H and O–H groups in total. The molecule has 14 nitrogen and oxygen atoms in total. The summed E-state index contributed by atoms with van der Waals surface area (Å²) in [6, 6.07) is 1.87. The van der Waals surface area contributed by atoms with Crippen molar-refractivity contribution in [2.45, 2.75) is 109 Å². The third-order valence-electron chi connectivity index (χ3n) is 9.26. The summed E-state index contributed by atoms with van der Waals surface area (Å²) in [5.41, 5.74) is 6.62. The van der Waals surface area contributed by atoms with Gasteiger partial charge in [-0.3, -0.25) is 9.59 Å². The molecule has 1 aromatic carbocycles. The highest BCUT2D eigenvalue weighted by atomic mass is 32.2. The van der Waals surface area contributed by atoms with Crippen LogP contribution in [0.4, 0.5) is 0 Å². The number of carbonyl (C=O) groups excluding carboxylic acids is 3. The summed E-state index contributed by atoms with van der Waals surface area (Å²) in [7, 11) is -3.50. The molecule has 1 aromatic heterocycles. The van der Waals surface area contributed by atoms with Crippen molar-refractivity contribution in [2.24, 2.45) is 11.7 Å². The van der Waals surface area contributed by atoms with Gasteiger partial charge < -0.3 is 36.5 Å². The maximum atomic E-state index is 13.9. The Morgan fingerprint density at radius 1 is 1.06 bits per heavy atom. The van der Waals surface area contributed by atoms with Crippen molar-refractivity contribution >= 4 is 27.8 Å². The molecule has 0 spiro atoms. The van der Waals surface area contributed by atoms with Gasteiger partial charge in [-0.2, -0.15) is 4.31 Å². The van der Waals surface area contributed by atoms with Crippen LogP contribution in [0, 0.1) is 5.92 Å². The largest absolute Gasteiger partial charge is 0.507 e. The van der Waals surface area contributed by atoms with Gasteiger partial charge in [0.05, 0.1) is 23.8 Å². The zero-order chi connectivity index (χ0) is 36.3. The first kappa shape index (κ1) is 39.3. The van der Waals surface area contributed by atoms with Gasteiger partial charge in [0.2, 0.25) is 21.8 Å². The van der Waals surface area contributed by atoms with Crippen molar-refractivity contribution in [3.8, 4) is 5.75 Å². The summed E-state index contributed by atoms with van der Waals surface area (Å²) in [4.78, 5) is 46.8. The van der Waals surface area contributed by atoms with Crippen molar-refractivity contribution < 1.29 is 32.6 Å². The Balaban J connectivity index is 1.43. The lowest BCUT2D eigenvalue weighted by molar-refractivity contribution is -0.130. The van der Waals surface area contributed by atoms with E-state index in [4.69, 9.17) is 10.5 Å². The average molecular weight is 718 g/mol. The Bertz CT molecular complexity index is 1520. The predicted molar refractivity (Wildman–Crippen MR) is 190 cm³/mol. The number of aromatic amines is 1. The maximum absolute atomic E-state index is 13.9. The van der Waals surface area contributed by atoms with E-state index < -0.39 is 51.5 Å². The molecule has 1 aliphatic carbocycles. The van der Waals surface area contributed by atoms with Crippen LogP contribution in [0.15, 0.2) is 30.7 Å². The van der Waals surface area contributed by atoms with Crippen molar-refractivity contribution in [3.05, 3.63) is 47.5 Å². The number of phenolic OH excluding ortho intramolecular Hbond substituents is 1. The number of H-pyrrole nitrogens is 1. The standard InChI is InChI=1S/C35H55N7O7S/c1-35(2,3)49-34(46)28-12-10-25(20-31(28)43)19-29(36)32(44)41-30(21-27-22-38-23-39-27)33(45)40-26(11-9-24-7-5-4-6-8-24)13-18-50(47,48)42-16-14-37-15-17-42/h10,12,20,22-24,26,29-30,37,43H,4-9,11,13-19,21,36H2,1-3H3,(H,38,39)(H,40,45)(H,41,44)/t26-,29?,30?/m0/s1. The SMILES string of the molecule is CC(C)(C)OC(=O)c1ccc(CC(N)C(=O)NC(Cc2c[nH]cn2)C(=O)N[C@@H](CCC2CCCCC2)CCS(=O)(=O)N2CCNCC2)cc1O. The molecule has 278 valence electrons. The minimum Gasteiger partial charge on any atom is -0.507 e. The Morgan fingerprint density at radius 3 is 2.42 bits per heavy atom. The highest BCUT2D eigenvalue weighted by molar-refractivity contribution is 7.89.